The largest absolute Gasteiger partial charge is 0.352 e. The van der Waals surface area contributed by atoms with Crippen LogP contribution in [0.2, 0.25) is 0 Å². The molecule has 0 saturated heterocycles. The van der Waals surface area contributed by atoms with E-state index in [4.69, 9.17) is 11.6 Å². The summed E-state index contributed by atoms with van der Waals surface area (Å²) in [6.45, 7) is 1.93. The normalized spacial score (nSPS) is 12.2. The van der Waals surface area contributed by atoms with Crippen molar-refractivity contribution >= 4 is 17.4 Å². The summed E-state index contributed by atoms with van der Waals surface area (Å²) in [5, 5.41) is 0. The van der Waals surface area contributed by atoms with Crippen molar-refractivity contribution in [1.82, 2.24) is 9.97 Å². The van der Waals surface area contributed by atoms with Gasteiger partial charge in [-0.05, 0) is 13.0 Å². The fourth-order valence-corrected chi connectivity index (χ4v) is 1.96. The number of halogens is 2. The van der Waals surface area contributed by atoms with E-state index in [1.807, 2.05) is 24.9 Å². The molecule has 1 heterocycles. The van der Waals surface area contributed by atoms with Gasteiger partial charge in [0.05, 0.1) is 30.0 Å². The molecule has 1 aromatic heterocycles. The lowest BCUT2D eigenvalue weighted by Crippen LogP contribution is -2.23. The summed E-state index contributed by atoms with van der Waals surface area (Å²) >= 11 is 5.67. The number of aromatic nitrogens is 2. The van der Waals surface area contributed by atoms with Crippen LogP contribution in [-0.2, 0) is 5.88 Å². The Bertz CT molecular complexity index is 545. The topological polar surface area (TPSA) is 29.0 Å². The number of benzene rings is 1. The van der Waals surface area contributed by atoms with Gasteiger partial charge in [-0.1, -0.05) is 18.2 Å². The molecule has 100 valence electrons. The summed E-state index contributed by atoms with van der Waals surface area (Å²) in [5.74, 6) is 0.802. The van der Waals surface area contributed by atoms with Gasteiger partial charge in [0.25, 0.3) is 0 Å². The SMILES string of the molecule is CC(c1ccccc1F)N(C)c1cnc(CCl)cn1. The van der Waals surface area contributed by atoms with Crippen LogP contribution in [-0.4, -0.2) is 17.0 Å². The number of hydrogen-bond acceptors (Lipinski definition) is 3. The minimum atomic E-state index is -0.216. The second kappa shape index (κ2) is 5.97. The van der Waals surface area contributed by atoms with E-state index in [9.17, 15) is 4.39 Å². The highest BCUT2D eigenvalue weighted by molar-refractivity contribution is 6.16. The maximum atomic E-state index is 13.8. The Morgan fingerprint density at radius 2 is 2.00 bits per heavy atom. The lowest BCUT2D eigenvalue weighted by Gasteiger charge is -2.26. The number of anilines is 1. The average Bonchev–Trinajstić information content (AvgIpc) is 2.46. The Labute approximate surface area is 117 Å². The van der Waals surface area contributed by atoms with Crippen molar-refractivity contribution in [2.24, 2.45) is 0 Å². The average molecular weight is 280 g/mol. The second-order valence-electron chi connectivity index (χ2n) is 4.31. The summed E-state index contributed by atoms with van der Waals surface area (Å²) in [7, 11) is 1.86. The number of hydrogen-bond donors (Lipinski definition) is 0. The standard InChI is InChI=1S/C14H15ClFN3/c1-10(12-5-3-4-6-13(12)16)19(2)14-9-17-11(7-15)8-18-14/h3-6,8-10H,7H2,1-2H3. The first kappa shape index (κ1) is 13.7. The van der Waals surface area contributed by atoms with Crippen LogP contribution in [0.5, 0.6) is 0 Å². The number of alkyl halides is 1. The van der Waals surface area contributed by atoms with E-state index >= 15 is 0 Å². The Hall–Kier alpha value is -1.68. The molecule has 2 rings (SSSR count). The van der Waals surface area contributed by atoms with Gasteiger partial charge in [0, 0.05) is 12.6 Å². The van der Waals surface area contributed by atoms with Crippen LogP contribution in [0.15, 0.2) is 36.7 Å². The molecule has 19 heavy (non-hydrogen) atoms. The zero-order chi connectivity index (χ0) is 13.8. The highest BCUT2D eigenvalue weighted by atomic mass is 35.5. The van der Waals surface area contributed by atoms with Crippen molar-refractivity contribution in [1.29, 1.82) is 0 Å². The highest BCUT2D eigenvalue weighted by Gasteiger charge is 2.16. The minimum absolute atomic E-state index is 0.127. The molecule has 3 nitrogen and oxygen atoms in total. The number of nitrogens with zero attached hydrogens (tertiary/aromatic N) is 3. The van der Waals surface area contributed by atoms with Crippen LogP contribution >= 0.6 is 11.6 Å². The van der Waals surface area contributed by atoms with Gasteiger partial charge in [-0.25, -0.2) is 9.37 Å². The molecular weight excluding hydrogens is 265 g/mol. The maximum absolute atomic E-state index is 13.8. The first-order valence-corrected chi connectivity index (χ1v) is 6.51. The molecule has 0 fully saturated rings. The smallest absolute Gasteiger partial charge is 0.147 e. The van der Waals surface area contributed by atoms with Crippen molar-refractivity contribution in [3.63, 3.8) is 0 Å². The predicted molar refractivity (Wildman–Crippen MR) is 74.8 cm³/mol. The molecule has 0 aliphatic rings. The third-order valence-corrected chi connectivity index (χ3v) is 3.40. The summed E-state index contributed by atoms with van der Waals surface area (Å²) in [4.78, 5) is 10.3. The minimum Gasteiger partial charge on any atom is -0.352 e. The molecule has 0 aliphatic heterocycles. The molecule has 0 saturated carbocycles. The Morgan fingerprint density at radius 1 is 1.26 bits per heavy atom. The Balaban J connectivity index is 2.23. The van der Waals surface area contributed by atoms with Crippen LogP contribution in [0.4, 0.5) is 10.2 Å². The van der Waals surface area contributed by atoms with Crippen LogP contribution in [0.3, 0.4) is 0 Å². The van der Waals surface area contributed by atoms with E-state index in [1.165, 1.54) is 6.07 Å². The molecule has 1 aromatic carbocycles. The molecule has 0 aliphatic carbocycles. The van der Waals surface area contributed by atoms with Gasteiger partial charge in [0.15, 0.2) is 0 Å². The third kappa shape index (κ3) is 3.01. The third-order valence-electron chi connectivity index (χ3n) is 3.13. The van der Waals surface area contributed by atoms with E-state index in [1.54, 1.807) is 24.5 Å². The van der Waals surface area contributed by atoms with E-state index in [0.717, 1.165) is 5.69 Å². The van der Waals surface area contributed by atoms with Crippen molar-refractivity contribution < 1.29 is 4.39 Å². The van der Waals surface area contributed by atoms with E-state index < -0.39 is 0 Å². The second-order valence-corrected chi connectivity index (χ2v) is 4.58. The van der Waals surface area contributed by atoms with Crippen LogP contribution < -0.4 is 4.90 Å². The maximum Gasteiger partial charge on any atom is 0.147 e. The van der Waals surface area contributed by atoms with E-state index in [0.29, 0.717) is 17.3 Å². The quantitative estimate of drug-likeness (QED) is 0.802. The lowest BCUT2D eigenvalue weighted by atomic mass is 10.1. The van der Waals surface area contributed by atoms with E-state index in [2.05, 4.69) is 9.97 Å². The predicted octanol–water partition coefficient (Wildman–Crippen LogP) is 3.55. The van der Waals surface area contributed by atoms with E-state index in [-0.39, 0.29) is 11.9 Å². The monoisotopic (exact) mass is 279 g/mol. The summed E-state index contributed by atoms with van der Waals surface area (Å²) in [5.41, 5.74) is 1.35. The molecule has 5 heteroatoms. The van der Waals surface area contributed by atoms with Crippen molar-refractivity contribution in [3.05, 3.63) is 53.7 Å². The van der Waals surface area contributed by atoms with Crippen molar-refractivity contribution in [2.75, 3.05) is 11.9 Å². The van der Waals surface area contributed by atoms with Gasteiger partial charge in [-0.2, -0.15) is 0 Å². The van der Waals surface area contributed by atoms with Crippen LogP contribution in [0.25, 0.3) is 0 Å². The molecule has 0 spiro atoms. The zero-order valence-corrected chi connectivity index (χ0v) is 11.6. The molecule has 1 unspecified atom stereocenters. The van der Waals surface area contributed by atoms with Crippen molar-refractivity contribution in [3.8, 4) is 0 Å². The number of rotatable bonds is 4. The fraction of sp³-hybridized carbons (Fsp3) is 0.286. The molecule has 1 atom stereocenters. The van der Waals surface area contributed by atoms with Gasteiger partial charge in [-0.3, -0.25) is 4.98 Å². The lowest BCUT2D eigenvalue weighted by molar-refractivity contribution is 0.584. The highest BCUT2D eigenvalue weighted by Crippen LogP contribution is 2.25. The molecule has 0 bridgehead atoms. The molecule has 0 amide bonds. The van der Waals surface area contributed by atoms with Crippen LogP contribution in [0.1, 0.15) is 24.2 Å². The van der Waals surface area contributed by atoms with Gasteiger partial charge in [-0.15, -0.1) is 11.6 Å². The summed E-state index contributed by atoms with van der Waals surface area (Å²) in [6.07, 6.45) is 3.28. The molecule has 2 aromatic rings. The first-order valence-electron chi connectivity index (χ1n) is 5.97. The molecule has 0 radical (unpaired) electrons. The fourth-order valence-electron chi connectivity index (χ4n) is 1.82. The Kier molecular flexibility index (Phi) is 4.32. The Morgan fingerprint density at radius 3 is 2.58 bits per heavy atom. The van der Waals surface area contributed by atoms with Gasteiger partial charge < -0.3 is 4.90 Å². The summed E-state index contributed by atoms with van der Waals surface area (Å²) < 4.78 is 13.8. The van der Waals surface area contributed by atoms with Crippen LogP contribution in [0, 0.1) is 5.82 Å². The summed E-state index contributed by atoms with van der Waals surface area (Å²) in [6, 6.07) is 6.61. The van der Waals surface area contributed by atoms with Gasteiger partial charge >= 0.3 is 0 Å². The zero-order valence-electron chi connectivity index (χ0n) is 10.8. The molecular formula is C14H15ClFN3. The molecule has 0 N–H and O–H groups in total. The first-order chi connectivity index (χ1) is 9.13. The van der Waals surface area contributed by atoms with Gasteiger partial charge in [0.1, 0.15) is 11.6 Å². The van der Waals surface area contributed by atoms with Crippen molar-refractivity contribution in [2.45, 2.75) is 18.8 Å². The van der Waals surface area contributed by atoms with Gasteiger partial charge in [0.2, 0.25) is 0 Å².